The molecule has 0 unspecified atom stereocenters. The Hall–Kier alpha value is -3.97. The number of hydrogen-bond acceptors (Lipinski definition) is 4. The monoisotopic (exact) mass is 485 g/mol. The highest BCUT2D eigenvalue weighted by molar-refractivity contribution is 5.94. The molecule has 1 atom stereocenters. The second kappa shape index (κ2) is 10.7. The molecule has 5 rings (SSSR count). The summed E-state index contributed by atoms with van der Waals surface area (Å²) < 4.78 is 27.4. The van der Waals surface area contributed by atoms with Gasteiger partial charge in [-0.1, -0.05) is 48.5 Å². The maximum Gasteiger partial charge on any atom is 0.254 e. The van der Waals surface area contributed by atoms with E-state index in [1.165, 1.54) is 24.3 Å². The van der Waals surface area contributed by atoms with E-state index >= 15 is 0 Å². The van der Waals surface area contributed by atoms with Crippen LogP contribution in [0.3, 0.4) is 0 Å². The second-order valence-corrected chi connectivity index (χ2v) is 8.86. The van der Waals surface area contributed by atoms with Crippen LogP contribution in [-0.2, 0) is 18.3 Å². The highest BCUT2D eigenvalue weighted by Crippen LogP contribution is 2.34. The first-order valence-corrected chi connectivity index (χ1v) is 12.1. The molecule has 6 nitrogen and oxygen atoms in total. The molecule has 4 aromatic rings. The van der Waals surface area contributed by atoms with Crippen LogP contribution in [0, 0.1) is 5.82 Å². The Morgan fingerprint density at radius 2 is 1.75 bits per heavy atom. The number of amides is 1. The van der Waals surface area contributed by atoms with Crippen LogP contribution in [0.5, 0.6) is 11.6 Å². The zero-order chi connectivity index (χ0) is 24.9. The van der Waals surface area contributed by atoms with E-state index in [0.717, 1.165) is 29.7 Å². The maximum atomic E-state index is 13.7. The van der Waals surface area contributed by atoms with Crippen LogP contribution in [0.25, 0.3) is 11.3 Å². The summed E-state index contributed by atoms with van der Waals surface area (Å²) in [4.78, 5) is 15.4. The lowest BCUT2D eigenvalue weighted by Gasteiger charge is -2.26. The van der Waals surface area contributed by atoms with E-state index in [1.54, 1.807) is 9.58 Å². The highest BCUT2D eigenvalue weighted by Gasteiger charge is 2.28. The van der Waals surface area contributed by atoms with Crippen LogP contribution in [0.15, 0.2) is 84.9 Å². The maximum absolute atomic E-state index is 13.7. The summed E-state index contributed by atoms with van der Waals surface area (Å²) in [5, 5.41) is 4.78. The molecule has 0 spiro atoms. The third kappa shape index (κ3) is 5.31. The molecule has 1 amide bonds. The summed E-state index contributed by atoms with van der Waals surface area (Å²) in [6.07, 6.45) is 1.80. The van der Waals surface area contributed by atoms with Gasteiger partial charge >= 0.3 is 0 Å². The summed E-state index contributed by atoms with van der Waals surface area (Å²) in [6.45, 7) is 1.37. The molecule has 0 aliphatic carbocycles. The van der Waals surface area contributed by atoms with Crippen LogP contribution < -0.4 is 4.74 Å². The fraction of sp³-hybridized carbons (Fsp3) is 0.241. The quantitative estimate of drug-likeness (QED) is 0.315. The van der Waals surface area contributed by atoms with Gasteiger partial charge < -0.3 is 14.4 Å². The number of halogens is 1. The van der Waals surface area contributed by atoms with E-state index in [9.17, 15) is 9.18 Å². The van der Waals surface area contributed by atoms with Crippen molar-refractivity contribution in [3.05, 3.63) is 102 Å². The van der Waals surface area contributed by atoms with E-state index in [0.29, 0.717) is 30.3 Å². The van der Waals surface area contributed by atoms with E-state index in [4.69, 9.17) is 14.6 Å². The molecule has 1 aromatic heterocycles. The molecule has 1 aliphatic rings. The van der Waals surface area contributed by atoms with Gasteiger partial charge in [0.2, 0.25) is 5.88 Å². The molecule has 36 heavy (non-hydrogen) atoms. The molecular weight excluding hydrogens is 457 g/mol. The fourth-order valence-corrected chi connectivity index (χ4v) is 4.47. The van der Waals surface area contributed by atoms with Gasteiger partial charge in [-0.05, 0) is 49.2 Å². The molecular formula is C29H28FN3O3. The molecule has 1 fully saturated rings. The smallest absolute Gasteiger partial charge is 0.254 e. The number of nitrogens with zero attached hydrogens (tertiary/aromatic N) is 3. The van der Waals surface area contributed by atoms with Crippen LogP contribution in [0.2, 0.25) is 0 Å². The third-order valence-corrected chi connectivity index (χ3v) is 6.27. The van der Waals surface area contributed by atoms with Crippen molar-refractivity contribution in [3.63, 3.8) is 0 Å². The third-order valence-electron chi connectivity index (χ3n) is 6.27. The molecule has 3 aromatic carbocycles. The molecule has 184 valence electrons. The first kappa shape index (κ1) is 23.8. The average molecular weight is 486 g/mol. The van der Waals surface area contributed by atoms with Crippen LogP contribution >= 0.6 is 0 Å². The summed E-state index contributed by atoms with van der Waals surface area (Å²) in [5.41, 5.74) is 2.89. The van der Waals surface area contributed by atoms with Gasteiger partial charge in [-0.2, -0.15) is 5.10 Å². The van der Waals surface area contributed by atoms with Gasteiger partial charge in [0.05, 0.1) is 18.2 Å². The second-order valence-electron chi connectivity index (χ2n) is 8.86. The molecule has 1 saturated heterocycles. The van der Waals surface area contributed by atoms with Gasteiger partial charge in [0.15, 0.2) is 0 Å². The summed E-state index contributed by atoms with van der Waals surface area (Å²) in [7, 11) is 1.83. The van der Waals surface area contributed by atoms with Crippen molar-refractivity contribution in [3.8, 4) is 22.9 Å². The van der Waals surface area contributed by atoms with Gasteiger partial charge in [-0.25, -0.2) is 9.07 Å². The Morgan fingerprint density at radius 1 is 1.06 bits per heavy atom. The Labute approximate surface area is 209 Å². The van der Waals surface area contributed by atoms with Gasteiger partial charge in [-0.3, -0.25) is 4.79 Å². The minimum absolute atomic E-state index is 0.0512. The predicted octanol–water partition coefficient (Wildman–Crippen LogP) is 5.84. The minimum Gasteiger partial charge on any atom is -0.439 e. The van der Waals surface area contributed by atoms with Crippen LogP contribution in [0.1, 0.15) is 28.8 Å². The van der Waals surface area contributed by atoms with Crippen molar-refractivity contribution in [2.45, 2.75) is 25.5 Å². The van der Waals surface area contributed by atoms with Crippen molar-refractivity contribution in [1.29, 1.82) is 0 Å². The summed E-state index contributed by atoms with van der Waals surface area (Å²) in [5.74, 6) is 0.662. The van der Waals surface area contributed by atoms with Crippen molar-refractivity contribution in [1.82, 2.24) is 14.7 Å². The molecule has 1 aliphatic heterocycles. The zero-order valence-corrected chi connectivity index (χ0v) is 20.1. The van der Waals surface area contributed by atoms with E-state index in [-0.39, 0.29) is 24.4 Å². The largest absolute Gasteiger partial charge is 0.439 e. The number of rotatable bonds is 8. The molecule has 7 heteroatoms. The summed E-state index contributed by atoms with van der Waals surface area (Å²) in [6, 6.07) is 25.0. The number of hydrogen-bond donors (Lipinski definition) is 0. The van der Waals surface area contributed by atoms with E-state index in [2.05, 4.69) is 0 Å². The van der Waals surface area contributed by atoms with Crippen molar-refractivity contribution in [2.75, 3.05) is 13.2 Å². The van der Waals surface area contributed by atoms with Gasteiger partial charge in [0, 0.05) is 31.3 Å². The number of para-hydroxylation sites is 1. The normalized spacial score (nSPS) is 15.1. The Morgan fingerprint density at radius 3 is 2.42 bits per heavy atom. The number of aryl methyl sites for hydroxylation is 1. The zero-order valence-electron chi connectivity index (χ0n) is 20.1. The molecule has 0 radical (unpaired) electrons. The lowest BCUT2D eigenvalue weighted by atomic mass is 10.1. The number of carbonyl (C=O) groups excluding carboxylic acids is 1. The summed E-state index contributed by atoms with van der Waals surface area (Å²) >= 11 is 0. The minimum atomic E-state index is -0.380. The molecule has 2 heterocycles. The van der Waals surface area contributed by atoms with Crippen molar-refractivity contribution >= 4 is 5.91 Å². The molecule has 0 saturated carbocycles. The Bertz CT molecular complexity index is 1300. The molecule has 0 bridgehead atoms. The lowest BCUT2D eigenvalue weighted by molar-refractivity contribution is 0.0506. The topological polar surface area (TPSA) is 56.6 Å². The van der Waals surface area contributed by atoms with Gasteiger partial charge in [-0.15, -0.1) is 0 Å². The van der Waals surface area contributed by atoms with E-state index < -0.39 is 0 Å². The Balaban J connectivity index is 1.55. The number of carbonyl (C=O) groups is 1. The number of ether oxygens (including phenoxy) is 2. The standard InChI is InChI=1S/C29H28FN3O3/c1-32-29(36-24-11-6-3-7-12-24)26(27(31-32)21-9-4-2-5-10-21)20-33(19-25-13-8-18-35-25)28(34)22-14-16-23(30)17-15-22/h2-7,9-12,14-17,25H,8,13,18-20H2,1H3/t25-/m1/s1. The van der Waals surface area contributed by atoms with Crippen LogP contribution in [-0.4, -0.2) is 39.8 Å². The number of aromatic nitrogens is 2. The Kier molecular flexibility index (Phi) is 7.09. The predicted molar refractivity (Wildman–Crippen MR) is 135 cm³/mol. The first-order valence-electron chi connectivity index (χ1n) is 12.1. The van der Waals surface area contributed by atoms with Crippen molar-refractivity contribution in [2.24, 2.45) is 7.05 Å². The van der Waals surface area contributed by atoms with Gasteiger partial charge in [0.25, 0.3) is 5.91 Å². The first-order chi connectivity index (χ1) is 17.6. The van der Waals surface area contributed by atoms with Gasteiger partial charge in [0.1, 0.15) is 17.3 Å². The van der Waals surface area contributed by atoms with Crippen LogP contribution in [0.4, 0.5) is 4.39 Å². The van der Waals surface area contributed by atoms with E-state index in [1.807, 2.05) is 67.7 Å². The molecule has 0 N–H and O–H groups in total. The highest BCUT2D eigenvalue weighted by atomic mass is 19.1. The number of benzene rings is 3. The SMILES string of the molecule is Cn1nc(-c2ccccc2)c(CN(C[C@H]2CCCO2)C(=O)c2ccc(F)cc2)c1Oc1ccccc1. The lowest BCUT2D eigenvalue weighted by Crippen LogP contribution is -2.37. The fourth-order valence-electron chi connectivity index (χ4n) is 4.47. The van der Waals surface area contributed by atoms with Crippen molar-refractivity contribution < 1.29 is 18.7 Å². The average Bonchev–Trinajstić information content (AvgIpc) is 3.53.